The van der Waals surface area contributed by atoms with Gasteiger partial charge in [0.05, 0.1) is 7.05 Å². The molecule has 0 radical (unpaired) electrons. The average Bonchev–Trinajstić information content (AvgIpc) is 3.29. The van der Waals surface area contributed by atoms with Crippen molar-refractivity contribution in [2.45, 2.75) is 20.0 Å². The molecule has 0 fully saturated rings. The van der Waals surface area contributed by atoms with Crippen molar-refractivity contribution < 1.29 is 13.8 Å². The molecule has 0 bridgehead atoms. The van der Waals surface area contributed by atoms with Gasteiger partial charge in [0.25, 0.3) is 11.8 Å². The largest absolute Gasteiger partial charge is 0.415 e. The molecule has 0 aliphatic carbocycles. The molecule has 0 saturated heterocycles. The van der Waals surface area contributed by atoms with Crippen LogP contribution in [0.5, 0.6) is 0 Å². The fourth-order valence-corrected chi connectivity index (χ4v) is 3.11. The summed E-state index contributed by atoms with van der Waals surface area (Å²) in [5.74, 6) is 1.70. The molecule has 1 N–H and O–H groups in total. The number of hydrogen-bond acceptors (Lipinski definition) is 5. The second-order valence-corrected chi connectivity index (χ2v) is 6.63. The number of benzene rings is 2. The van der Waals surface area contributed by atoms with Crippen LogP contribution >= 0.6 is 0 Å². The van der Waals surface area contributed by atoms with Gasteiger partial charge in [0.15, 0.2) is 6.54 Å². The fourth-order valence-electron chi connectivity index (χ4n) is 3.11. The first kappa shape index (κ1) is 17.2. The smallest absolute Gasteiger partial charge is 0.271 e. The summed E-state index contributed by atoms with van der Waals surface area (Å²) in [5.41, 5.74) is 3.70. The van der Waals surface area contributed by atoms with Crippen LogP contribution in [0.25, 0.3) is 22.7 Å². The van der Waals surface area contributed by atoms with Crippen molar-refractivity contribution in [2.24, 2.45) is 0 Å². The lowest BCUT2D eigenvalue weighted by Crippen LogP contribution is -3.06. The zero-order valence-electron chi connectivity index (χ0n) is 15.3. The molecule has 2 heterocycles. The van der Waals surface area contributed by atoms with E-state index < -0.39 is 0 Å². The molecular formula is C21H21N4O2+. The summed E-state index contributed by atoms with van der Waals surface area (Å²) in [6.07, 6.45) is 0. The topological polar surface area (TPSA) is 69.4 Å². The quantitative estimate of drug-likeness (QED) is 0.572. The summed E-state index contributed by atoms with van der Waals surface area (Å²) in [4.78, 5) is 1.27. The fraction of sp³-hybridized carbons (Fsp3) is 0.190. The van der Waals surface area contributed by atoms with Gasteiger partial charge >= 0.3 is 0 Å². The number of nitrogens with zero attached hydrogens (tertiary/aromatic N) is 3. The third-order valence-electron chi connectivity index (χ3n) is 4.39. The van der Waals surface area contributed by atoms with Crippen LogP contribution in [0.4, 0.5) is 0 Å². The first-order valence-corrected chi connectivity index (χ1v) is 8.90. The maximum atomic E-state index is 5.94. The highest BCUT2D eigenvalue weighted by atomic mass is 16.5. The first-order chi connectivity index (χ1) is 13.2. The molecule has 6 nitrogen and oxygen atoms in total. The molecule has 136 valence electrons. The van der Waals surface area contributed by atoms with Crippen LogP contribution in [0.1, 0.15) is 17.2 Å². The van der Waals surface area contributed by atoms with Crippen molar-refractivity contribution in [2.75, 3.05) is 7.05 Å². The lowest BCUT2D eigenvalue weighted by molar-refractivity contribution is -0.909. The van der Waals surface area contributed by atoms with E-state index in [4.69, 9.17) is 8.94 Å². The van der Waals surface area contributed by atoms with Gasteiger partial charge in [-0.2, -0.15) is 0 Å². The summed E-state index contributed by atoms with van der Waals surface area (Å²) in [6.45, 7) is 3.39. The zero-order chi connectivity index (χ0) is 18.6. The van der Waals surface area contributed by atoms with Crippen molar-refractivity contribution in [3.8, 4) is 22.7 Å². The third kappa shape index (κ3) is 3.80. The van der Waals surface area contributed by atoms with Gasteiger partial charge in [-0.05, 0) is 6.92 Å². The van der Waals surface area contributed by atoms with Crippen LogP contribution < -0.4 is 4.90 Å². The highest BCUT2D eigenvalue weighted by molar-refractivity contribution is 5.77. The third-order valence-corrected chi connectivity index (χ3v) is 4.39. The van der Waals surface area contributed by atoms with E-state index in [9.17, 15) is 0 Å². The Bertz CT molecular complexity index is 1010. The van der Waals surface area contributed by atoms with Crippen LogP contribution in [-0.2, 0) is 13.1 Å². The Kier molecular flexibility index (Phi) is 4.80. The molecule has 27 heavy (non-hydrogen) atoms. The van der Waals surface area contributed by atoms with Crippen LogP contribution in [0.15, 0.2) is 69.6 Å². The Morgan fingerprint density at radius 1 is 0.889 bits per heavy atom. The molecule has 0 amide bonds. The van der Waals surface area contributed by atoms with Gasteiger partial charge < -0.3 is 13.8 Å². The molecule has 0 spiro atoms. The monoisotopic (exact) mass is 361 g/mol. The molecule has 1 atom stereocenters. The molecule has 2 aromatic heterocycles. The minimum Gasteiger partial charge on any atom is -0.415 e. The number of rotatable bonds is 6. The standard InChI is InChI=1S/C21H20N4O2/c1-15-19(20(24-27-15)17-11-7-4-8-12-17)21-23-22-18(26-21)14-25(2)13-16-9-5-3-6-10-16/h3-12H,13-14H2,1-2H3/p+1. The second kappa shape index (κ2) is 7.55. The lowest BCUT2D eigenvalue weighted by atomic mass is 10.1. The van der Waals surface area contributed by atoms with Gasteiger partial charge in [0.1, 0.15) is 23.6 Å². The molecule has 4 aromatic rings. The molecule has 6 heteroatoms. The Morgan fingerprint density at radius 3 is 2.33 bits per heavy atom. The van der Waals surface area contributed by atoms with Crippen molar-refractivity contribution in [3.63, 3.8) is 0 Å². The number of aryl methyl sites for hydroxylation is 1. The van der Waals surface area contributed by atoms with Crippen molar-refractivity contribution >= 4 is 0 Å². The van der Waals surface area contributed by atoms with Crippen LogP contribution in [0.2, 0.25) is 0 Å². The Hall–Kier alpha value is -3.25. The van der Waals surface area contributed by atoms with E-state index in [1.54, 1.807) is 0 Å². The van der Waals surface area contributed by atoms with E-state index in [-0.39, 0.29) is 0 Å². The molecule has 0 saturated carbocycles. The van der Waals surface area contributed by atoms with E-state index in [1.165, 1.54) is 10.5 Å². The number of hydrogen-bond donors (Lipinski definition) is 1. The first-order valence-electron chi connectivity index (χ1n) is 8.90. The number of nitrogens with one attached hydrogen (secondary N) is 1. The minimum atomic E-state index is 0.440. The van der Waals surface area contributed by atoms with E-state index in [2.05, 4.69) is 34.5 Å². The normalized spacial score (nSPS) is 12.2. The van der Waals surface area contributed by atoms with Gasteiger partial charge in [-0.3, -0.25) is 0 Å². The number of aromatic nitrogens is 3. The maximum absolute atomic E-state index is 5.94. The van der Waals surface area contributed by atoms with Crippen molar-refractivity contribution in [1.82, 2.24) is 15.4 Å². The van der Waals surface area contributed by atoms with Crippen LogP contribution in [0.3, 0.4) is 0 Å². The van der Waals surface area contributed by atoms with Crippen LogP contribution in [0, 0.1) is 6.92 Å². The molecule has 0 aliphatic rings. The average molecular weight is 361 g/mol. The summed E-state index contributed by atoms with van der Waals surface area (Å²) in [6, 6.07) is 20.2. The minimum absolute atomic E-state index is 0.440. The lowest BCUT2D eigenvalue weighted by Gasteiger charge is -2.11. The predicted molar refractivity (Wildman–Crippen MR) is 101 cm³/mol. The van der Waals surface area contributed by atoms with Gasteiger partial charge in [0.2, 0.25) is 0 Å². The van der Waals surface area contributed by atoms with Gasteiger partial charge in [-0.25, -0.2) is 0 Å². The molecule has 2 aromatic carbocycles. The van der Waals surface area contributed by atoms with E-state index in [0.717, 1.165) is 17.7 Å². The number of quaternary nitrogens is 1. The summed E-state index contributed by atoms with van der Waals surface area (Å²) >= 11 is 0. The Morgan fingerprint density at radius 2 is 1.59 bits per heavy atom. The summed E-state index contributed by atoms with van der Waals surface area (Å²) < 4.78 is 11.3. The van der Waals surface area contributed by atoms with Gasteiger partial charge in [-0.1, -0.05) is 65.8 Å². The SMILES string of the molecule is Cc1onc(-c2ccccc2)c1-c1nnc(C[NH+](C)Cc2ccccc2)o1. The Labute approximate surface area is 157 Å². The van der Waals surface area contributed by atoms with Gasteiger partial charge in [-0.15, -0.1) is 10.2 Å². The summed E-state index contributed by atoms with van der Waals surface area (Å²) in [5, 5.41) is 12.6. The van der Waals surface area contributed by atoms with Gasteiger partial charge in [0, 0.05) is 11.1 Å². The highest BCUT2D eigenvalue weighted by Gasteiger charge is 2.22. The molecular weight excluding hydrogens is 340 g/mol. The highest BCUT2D eigenvalue weighted by Crippen LogP contribution is 2.33. The summed E-state index contributed by atoms with van der Waals surface area (Å²) in [7, 11) is 2.11. The molecule has 4 rings (SSSR count). The maximum Gasteiger partial charge on any atom is 0.271 e. The predicted octanol–water partition coefficient (Wildman–Crippen LogP) is 2.91. The van der Waals surface area contributed by atoms with E-state index in [0.29, 0.717) is 29.8 Å². The second-order valence-electron chi connectivity index (χ2n) is 6.63. The van der Waals surface area contributed by atoms with E-state index >= 15 is 0 Å². The zero-order valence-corrected chi connectivity index (χ0v) is 15.3. The molecule has 0 aliphatic heterocycles. The van der Waals surface area contributed by atoms with Crippen LogP contribution in [-0.4, -0.2) is 22.4 Å². The molecule has 1 unspecified atom stereocenters. The van der Waals surface area contributed by atoms with E-state index in [1.807, 2.05) is 55.5 Å². The Balaban J connectivity index is 1.54. The van der Waals surface area contributed by atoms with Crippen molar-refractivity contribution in [1.29, 1.82) is 0 Å². The van der Waals surface area contributed by atoms with Crippen molar-refractivity contribution in [3.05, 3.63) is 77.9 Å².